The minimum absolute atomic E-state index is 0.693. The number of aromatic nitrogens is 2. The summed E-state index contributed by atoms with van der Waals surface area (Å²) in [6, 6.07) is 0.693. The fraction of sp³-hybridized carbons (Fsp3) is 0.800. The van der Waals surface area contributed by atoms with Crippen LogP contribution in [0, 0.1) is 6.92 Å². The molecule has 108 valence electrons. The van der Waals surface area contributed by atoms with E-state index in [0.29, 0.717) is 6.04 Å². The maximum atomic E-state index is 4.32. The Morgan fingerprint density at radius 1 is 1.32 bits per heavy atom. The van der Waals surface area contributed by atoms with Gasteiger partial charge in [0.2, 0.25) is 0 Å². The zero-order chi connectivity index (χ0) is 13.5. The number of aryl methyl sites for hydroxylation is 1. The van der Waals surface area contributed by atoms with Crippen molar-refractivity contribution < 1.29 is 0 Å². The zero-order valence-electron chi connectivity index (χ0n) is 12.4. The highest BCUT2D eigenvalue weighted by Gasteiger charge is 2.15. The molecule has 1 aliphatic rings. The van der Waals surface area contributed by atoms with Gasteiger partial charge in [-0.2, -0.15) is 5.10 Å². The van der Waals surface area contributed by atoms with Crippen LogP contribution < -0.4 is 5.32 Å². The number of nitrogens with zero attached hydrogens (tertiary/aromatic N) is 3. The molecule has 0 radical (unpaired) electrons. The van der Waals surface area contributed by atoms with E-state index in [-0.39, 0.29) is 0 Å². The number of hydrogen-bond donors (Lipinski definition) is 1. The van der Waals surface area contributed by atoms with Crippen molar-refractivity contribution in [1.82, 2.24) is 20.0 Å². The lowest BCUT2D eigenvalue weighted by Gasteiger charge is -2.19. The molecule has 2 rings (SSSR count). The molecule has 4 heteroatoms. The molecule has 1 atom stereocenters. The SMILES string of the molecule is CCCN1CCCC(NCCn2cc(C)cn2)CC1. The summed E-state index contributed by atoms with van der Waals surface area (Å²) < 4.78 is 2.03. The third-order valence-corrected chi connectivity index (χ3v) is 3.90. The molecule has 1 fully saturated rings. The smallest absolute Gasteiger partial charge is 0.0534 e. The third kappa shape index (κ3) is 4.96. The van der Waals surface area contributed by atoms with E-state index in [4.69, 9.17) is 0 Å². The van der Waals surface area contributed by atoms with E-state index < -0.39 is 0 Å². The molecule has 0 spiro atoms. The normalized spacial score (nSPS) is 21.5. The molecule has 0 aromatic carbocycles. The van der Waals surface area contributed by atoms with E-state index in [1.165, 1.54) is 50.9 Å². The van der Waals surface area contributed by atoms with Crippen molar-refractivity contribution in [2.45, 2.75) is 52.1 Å². The van der Waals surface area contributed by atoms with Crippen LogP contribution in [0.3, 0.4) is 0 Å². The van der Waals surface area contributed by atoms with E-state index in [1.807, 2.05) is 10.9 Å². The Morgan fingerprint density at radius 3 is 2.95 bits per heavy atom. The van der Waals surface area contributed by atoms with Crippen LogP contribution in [0.25, 0.3) is 0 Å². The average Bonchev–Trinajstić information content (AvgIpc) is 2.67. The number of nitrogens with one attached hydrogen (secondary N) is 1. The molecule has 1 aromatic heterocycles. The first-order valence-electron chi connectivity index (χ1n) is 7.72. The Kier molecular flexibility index (Phi) is 5.86. The molecule has 1 N–H and O–H groups in total. The molecule has 1 saturated heterocycles. The maximum absolute atomic E-state index is 4.32. The fourth-order valence-electron chi connectivity index (χ4n) is 2.87. The summed E-state index contributed by atoms with van der Waals surface area (Å²) in [6.45, 7) is 10.2. The van der Waals surface area contributed by atoms with Gasteiger partial charge in [-0.3, -0.25) is 4.68 Å². The third-order valence-electron chi connectivity index (χ3n) is 3.90. The van der Waals surface area contributed by atoms with Crippen LogP contribution in [0.5, 0.6) is 0 Å². The van der Waals surface area contributed by atoms with E-state index in [0.717, 1.165) is 13.1 Å². The predicted octanol–water partition coefficient (Wildman–Crippen LogP) is 2.05. The molecule has 1 unspecified atom stereocenters. The summed E-state index contributed by atoms with van der Waals surface area (Å²) in [5, 5.41) is 8.02. The van der Waals surface area contributed by atoms with Gasteiger partial charge in [-0.25, -0.2) is 0 Å². The Hall–Kier alpha value is -0.870. The number of hydrogen-bond acceptors (Lipinski definition) is 3. The van der Waals surface area contributed by atoms with Gasteiger partial charge in [0.05, 0.1) is 12.7 Å². The molecule has 0 bridgehead atoms. The monoisotopic (exact) mass is 264 g/mol. The van der Waals surface area contributed by atoms with Crippen LogP contribution >= 0.6 is 0 Å². The highest BCUT2D eigenvalue weighted by atomic mass is 15.3. The zero-order valence-corrected chi connectivity index (χ0v) is 12.4. The highest BCUT2D eigenvalue weighted by Crippen LogP contribution is 2.11. The van der Waals surface area contributed by atoms with Gasteiger partial charge in [0.25, 0.3) is 0 Å². The highest BCUT2D eigenvalue weighted by molar-refractivity contribution is 4.99. The van der Waals surface area contributed by atoms with Crippen LogP contribution in [-0.4, -0.2) is 46.9 Å². The summed E-state index contributed by atoms with van der Waals surface area (Å²) in [5.41, 5.74) is 1.24. The van der Waals surface area contributed by atoms with Crippen molar-refractivity contribution in [2.24, 2.45) is 0 Å². The van der Waals surface area contributed by atoms with Crippen molar-refractivity contribution in [3.63, 3.8) is 0 Å². The topological polar surface area (TPSA) is 33.1 Å². The second kappa shape index (κ2) is 7.65. The van der Waals surface area contributed by atoms with Gasteiger partial charge in [0, 0.05) is 18.8 Å². The first-order valence-corrected chi connectivity index (χ1v) is 7.72. The molecule has 0 amide bonds. The molecule has 2 heterocycles. The molecular weight excluding hydrogens is 236 g/mol. The lowest BCUT2D eigenvalue weighted by Crippen LogP contribution is -2.33. The van der Waals surface area contributed by atoms with Gasteiger partial charge in [-0.15, -0.1) is 0 Å². The molecular formula is C15H28N4. The van der Waals surface area contributed by atoms with Crippen LogP contribution in [0.1, 0.15) is 38.2 Å². The summed E-state index contributed by atoms with van der Waals surface area (Å²) in [4.78, 5) is 2.61. The van der Waals surface area contributed by atoms with Crippen LogP contribution in [0.2, 0.25) is 0 Å². The Bertz CT molecular complexity index is 361. The van der Waals surface area contributed by atoms with E-state index >= 15 is 0 Å². The first kappa shape index (κ1) is 14.5. The van der Waals surface area contributed by atoms with Crippen LogP contribution in [0.4, 0.5) is 0 Å². The Balaban J connectivity index is 1.65. The molecule has 1 aromatic rings. The number of rotatable bonds is 6. The van der Waals surface area contributed by atoms with Crippen molar-refractivity contribution >= 4 is 0 Å². The van der Waals surface area contributed by atoms with Crippen molar-refractivity contribution in [1.29, 1.82) is 0 Å². The van der Waals surface area contributed by atoms with E-state index in [2.05, 4.69) is 35.4 Å². The predicted molar refractivity (Wildman–Crippen MR) is 79.3 cm³/mol. The van der Waals surface area contributed by atoms with Gasteiger partial charge in [0.1, 0.15) is 0 Å². The molecule has 4 nitrogen and oxygen atoms in total. The number of likely N-dealkylation sites (tertiary alicyclic amines) is 1. The Labute approximate surface area is 117 Å². The fourth-order valence-corrected chi connectivity index (χ4v) is 2.87. The second-order valence-corrected chi connectivity index (χ2v) is 5.70. The van der Waals surface area contributed by atoms with Gasteiger partial charge in [-0.1, -0.05) is 6.92 Å². The standard InChI is InChI=1S/C15H28N4/c1-3-8-18-9-4-5-15(6-10-18)16-7-11-19-13-14(2)12-17-19/h12-13,15-16H,3-11H2,1-2H3. The van der Waals surface area contributed by atoms with Gasteiger partial charge < -0.3 is 10.2 Å². The van der Waals surface area contributed by atoms with Gasteiger partial charge >= 0.3 is 0 Å². The summed E-state index contributed by atoms with van der Waals surface area (Å²) in [6.07, 6.45) is 9.25. The minimum atomic E-state index is 0.693. The van der Waals surface area contributed by atoms with Crippen molar-refractivity contribution in [3.05, 3.63) is 18.0 Å². The van der Waals surface area contributed by atoms with Crippen molar-refractivity contribution in [3.8, 4) is 0 Å². The molecule has 0 aliphatic carbocycles. The molecule has 19 heavy (non-hydrogen) atoms. The lowest BCUT2D eigenvalue weighted by atomic mass is 10.1. The molecule has 0 saturated carbocycles. The van der Waals surface area contributed by atoms with Gasteiger partial charge in [-0.05, 0) is 57.8 Å². The van der Waals surface area contributed by atoms with Crippen LogP contribution in [0.15, 0.2) is 12.4 Å². The summed E-state index contributed by atoms with van der Waals surface area (Å²) in [5.74, 6) is 0. The lowest BCUT2D eigenvalue weighted by molar-refractivity contribution is 0.282. The second-order valence-electron chi connectivity index (χ2n) is 5.70. The summed E-state index contributed by atoms with van der Waals surface area (Å²) in [7, 11) is 0. The van der Waals surface area contributed by atoms with Crippen LogP contribution in [-0.2, 0) is 6.54 Å². The first-order chi connectivity index (χ1) is 9.28. The van der Waals surface area contributed by atoms with Crippen molar-refractivity contribution in [2.75, 3.05) is 26.2 Å². The van der Waals surface area contributed by atoms with E-state index in [1.54, 1.807) is 0 Å². The Morgan fingerprint density at radius 2 is 2.21 bits per heavy atom. The van der Waals surface area contributed by atoms with Gasteiger partial charge in [0.15, 0.2) is 0 Å². The maximum Gasteiger partial charge on any atom is 0.0534 e. The summed E-state index contributed by atoms with van der Waals surface area (Å²) >= 11 is 0. The minimum Gasteiger partial charge on any atom is -0.312 e. The largest absolute Gasteiger partial charge is 0.312 e. The van der Waals surface area contributed by atoms with E-state index in [9.17, 15) is 0 Å². The quantitative estimate of drug-likeness (QED) is 0.853. The molecule has 1 aliphatic heterocycles. The average molecular weight is 264 g/mol.